The minimum Gasteiger partial charge on any atom is -0.322 e. The van der Waals surface area contributed by atoms with E-state index in [0.29, 0.717) is 11.8 Å². The number of thiazole rings is 1. The van der Waals surface area contributed by atoms with Crippen molar-refractivity contribution in [3.8, 4) is 0 Å². The maximum Gasteiger partial charge on any atom is 0.110 e. The zero-order valence-electron chi connectivity index (χ0n) is 10.3. The quantitative estimate of drug-likeness (QED) is 0.868. The molecule has 1 aliphatic carbocycles. The molecular formula is C13H22N2S. The van der Waals surface area contributed by atoms with Crippen molar-refractivity contribution < 1.29 is 0 Å². The molecule has 3 heteroatoms. The van der Waals surface area contributed by atoms with Gasteiger partial charge in [0.05, 0.1) is 11.7 Å². The second kappa shape index (κ2) is 5.28. The molecule has 0 radical (unpaired) electrons. The van der Waals surface area contributed by atoms with Gasteiger partial charge in [-0.25, -0.2) is 4.98 Å². The summed E-state index contributed by atoms with van der Waals surface area (Å²) in [4.78, 5) is 4.68. The third-order valence-electron chi connectivity index (χ3n) is 3.57. The first-order chi connectivity index (χ1) is 7.68. The fourth-order valence-corrected chi connectivity index (χ4v) is 3.49. The molecule has 1 heterocycles. The first-order valence-electron chi connectivity index (χ1n) is 6.39. The van der Waals surface area contributed by atoms with Crippen molar-refractivity contribution >= 4 is 11.3 Å². The predicted octanol–water partition coefficient (Wildman–Crippen LogP) is 3.85. The van der Waals surface area contributed by atoms with Crippen LogP contribution >= 0.6 is 11.3 Å². The molecule has 1 aliphatic rings. The molecule has 0 saturated heterocycles. The van der Waals surface area contributed by atoms with Crippen LogP contribution in [0.25, 0.3) is 0 Å². The highest BCUT2D eigenvalue weighted by atomic mass is 32.1. The number of hydrogen-bond acceptors (Lipinski definition) is 3. The maximum absolute atomic E-state index is 6.33. The van der Waals surface area contributed by atoms with Crippen molar-refractivity contribution in [3.63, 3.8) is 0 Å². The number of aromatic nitrogens is 1. The van der Waals surface area contributed by atoms with Gasteiger partial charge in [0, 0.05) is 5.38 Å². The molecule has 1 saturated carbocycles. The Hall–Kier alpha value is -0.410. The van der Waals surface area contributed by atoms with Gasteiger partial charge in [-0.05, 0) is 24.7 Å². The number of rotatable bonds is 3. The van der Waals surface area contributed by atoms with Crippen LogP contribution in [0.1, 0.15) is 68.6 Å². The largest absolute Gasteiger partial charge is 0.322 e. The average molecular weight is 238 g/mol. The highest BCUT2D eigenvalue weighted by molar-refractivity contribution is 7.09. The van der Waals surface area contributed by atoms with E-state index in [2.05, 4.69) is 24.2 Å². The molecule has 0 amide bonds. The molecule has 1 aromatic heterocycles. The van der Waals surface area contributed by atoms with Crippen LogP contribution in [0, 0.1) is 5.92 Å². The zero-order chi connectivity index (χ0) is 11.5. The summed E-state index contributed by atoms with van der Waals surface area (Å²) in [5.74, 6) is 1.18. The van der Waals surface area contributed by atoms with Crippen molar-refractivity contribution in [3.05, 3.63) is 16.1 Å². The monoisotopic (exact) mass is 238 g/mol. The van der Waals surface area contributed by atoms with Crippen LogP contribution in [0.3, 0.4) is 0 Å². The van der Waals surface area contributed by atoms with E-state index in [1.54, 1.807) is 11.3 Å². The molecule has 90 valence electrons. The van der Waals surface area contributed by atoms with Crippen molar-refractivity contribution in [1.82, 2.24) is 4.98 Å². The van der Waals surface area contributed by atoms with Crippen LogP contribution in [0.15, 0.2) is 5.38 Å². The topological polar surface area (TPSA) is 38.9 Å². The van der Waals surface area contributed by atoms with Gasteiger partial charge in [-0.15, -0.1) is 11.3 Å². The summed E-state index contributed by atoms with van der Waals surface area (Å²) in [6.45, 7) is 4.37. The first kappa shape index (κ1) is 12.1. The second-order valence-electron chi connectivity index (χ2n) is 5.19. The molecule has 2 N–H and O–H groups in total. The van der Waals surface area contributed by atoms with Gasteiger partial charge < -0.3 is 5.73 Å². The Labute approximate surface area is 102 Å². The predicted molar refractivity (Wildman–Crippen MR) is 69.7 cm³/mol. The lowest BCUT2D eigenvalue weighted by molar-refractivity contribution is 0.307. The van der Waals surface area contributed by atoms with E-state index < -0.39 is 0 Å². The molecule has 1 fully saturated rings. The van der Waals surface area contributed by atoms with E-state index >= 15 is 0 Å². The Morgan fingerprint density at radius 3 is 2.56 bits per heavy atom. The molecule has 16 heavy (non-hydrogen) atoms. The standard InChI is InChI=1S/C13H22N2S/c1-9(2)11-8-16-13(15-11)12(14)10-6-4-3-5-7-10/h8-10,12H,3-7,14H2,1-2H3. The Kier molecular flexibility index (Phi) is 3.98. The summed E-state index contributed by atoms with van der Waals surface area (Å²) < 4.78 is 0. The van der Waals surface area contributed by atoms with E-state index in [0.717, 1.165) is 5.01 Å². The normalized spacial score (nSPS) is 20.2. The highest BCUT2D eigenvalue weighted by Gasteiger charge is 2.24. The van der Waals surface area contributed by atoms with E-state index in [1.165, 1.54) is 37.8 Å². The van der Waals surface area contributed by atoms with Crippen molar-refractivity contribution in [2.24, 2.45) is 11.7 Å². The molecule has 0 bridgehead atoms. The molecule has 0 spiro atoms. The van der Waals surface area contributed by atoms with E-state index in [1.807, 2.05) is 0 Å². The Morgan fingerprint density at radius 2 is 2.00 bits per heavy atom. The summed E-state index contributed by atoms with van der Waals surface area (Å²) in [6, 6.07) is 0.179. The van der Waals surface area contributed by atoms with Crippen LogP contribution in [0.2, 0.25) is 0 Å². The number of nitrogens with zero attached hydrogens (tertiary/aromatic N) is 1. The van der Waals surface area contributed by atoms with Crippen LogP contribution in [0.4, 0.5) is 0 Å². The third kappa shape index (κ3) is 2.64. The summed E-state index contributed by atoms with van der Waals surface area (Å²) in [5.41, 5.74) is 7.53. The summed E-state index contributed by atoms with van der Waals surface area (Å²) >= 11 is 1.74. The minimum atomic E-state index is 0.179. The van der Waals surface area contributed by atoms with Crippen molar-refractivity contribution in [2.75, 3.05) is 0 Å². The summed E-state index contributed by atoms with van der Waals surface area (Å²) in [5, 5.41) is 3.32. The lowest BCUT2D eigenvalue weighted by atomic mass is 9.84. The van der Waals surface area contributed by atoms with Crippen LogP contribution < -0.4 is 5.73 Å². The van der Waals surface area contributed by atoms with Gasteiger partial charge in [-0.2, -0.15) is 0 Å². The smallest absolute Gasteiger partial charge is 0.110 e. The van der Waals surface area contributed by atoms with E-state index in [4.69, 9.17) is 5.73 Å². The summed E-state index contributed by atoms with van der Waals surface area (Å²) in [7, 11) is 0. The molecule has 1 atom stereocenters. The average Bonchev–Trinajstić information content (AvgIpc) is 2.78. The van der Waals surface area contributed by atoms with Crippen LogP contribution in [-0.2, 0) is 0 Å². The Balaban J connectivity index is 2.04. The molecular weight excluding hydrogens is 216 g/mol. The summed E-state index contributed by atoms with van der Waals surface area (Å²) in [6.07, 6.45) is 6.66. The molecule has 2 nitrogen and oxygen atoms in total. The molecule has 1 unspecified atom stereocenters. The molecule has 2 rings (SSSR count). The second-order valence-corrected chi connectivity index (χ2v) is 6.08. The fourth-order valence-electron chi connectivity index (χ4n) is 2.41. The van der Waals surface area contributed by atoms with E-state index in [-0.39, 0.29) is 6.04 Å². The maximum atomic E-state index is 6.33. The SMILES string of the molecule is CC(C)c1csc(C(N)C2CCCCC2)n1. The van der Waals surface area contributed by atoms with Crippen molar-refractivity contribution in [1.29, 1.82) is 0 Å². The lowest BCUT2D eigenvalue weighted by Crippen LogP contribution is -2.23. The van der Waals surface area contributed by atoms with Gasteiger partial charge in [0.25, 0.3) is 0 Å². The van der Waals surface area contributed by atoms with Crippen molar-refractivity contribution in [2.45, 2.75) is 57.9 Å². The fraction of sp³-hybridized carbons (Fsp3) is 0.769. The molecule has 1 aromatic rings. The minimum absolute atomic E-state index is 0.179. The van der Waals surface area contributed by atoms with Crippen LogP contribution in [-0.4, -0.2) is 4.98 Å². The highest BCUT2D eigenvalue weighted by Crippen LogP contribution is 2.34. The lowest BCUT2D eigenvalue weighted by Gasteiger charge is -2.26. The third-order valence-corrected chi connectivity index (χ3v) is 4.54. The number of hydrogen-bond donors (Lipinski definition) is 1. The Morgan fingerprint density at radius 1 is 1.31 bits per heavy atom. The Bertz CT molecular complexity index is 326. The van der Waals surface area contributed by atoms with Gasteiger partial charge in [-0.3, -0.25) is 0 Å². The van der Waals surface area contributed by atoms with Gasteiger partial charge in [-0.1, -0.05) is 33.1 Å². The van der Waals surface area contributed by atoms with E-state index in [9.17, 15) is 0 Å². The number of nitrogens with two attached hydrogens (primary N) is 1. The van der Waals surface area contributed by atoms with Gasteiger partial charge >= 0.3 is 0 Å². The molecule has 0 aromatic carbocycles. The molecule has 0 aliphatic heterocycles. The van der Waals surface area contributed by atoms with Crippen LogP contribution in [0.5, 0.6) is 0 Å². The zero-order valence-corrected chi connectivity index (χ0v) is 11.1. The van der Waals surface area contributed by atoms with Gasteiger partial charge in [0.1, 0.15) is 5.01 Å². The van der Waals surface area contributed by atoms with Gasteiger partial charge in [0.2, 0.25) is 0 Å². The van der Waals surface area contributed by atoms with Gasteiger partial charge in [0.15, 0.2) is 0 Å². The first-order valence-corrected chi connectivity index (χ1v) is 7.27.